The number of phenolic OH excluding ortho intramolecular Hbond substituents is 1. The van der Waals surface area contributed by atoms with Gasteiger partial charge in [0, 0.05) is 25.1 Å². The van der Waals surface area contributed by atoms with E-state index in [1.54, 1.807) is 12.1 Å². The Kier molecular flexibility index (Phi) is 2.90. The molecule has 0 radical (unpaired) electrons. The molecule has 0 unspecified atom stereocenters. The molecule has 2 heterocycles. The van der Waals surface area contributed by atoms with Gasteiger partial charge in [0.25, 0.3) is 0 Å². The predicted molar refractivity (Wildman–Crippen MR) is 81.8 cm³/mol. The van der Waals surface area contributed by atoms with Gasteiger partial charge in [-0.2, -0.15) is 0 Å². The first-order chi connectivity index (χ1) is 10.9. The lowest BCUT2D eigenvalue weighted by Gasteiger charge is -2.35. The number of hydrogen-bond donors (Lipinski definition) is 3. The highest BCUT2D eigenvalue weighted by Crippen LogP contribution is 2.56. The van der Waals surface area contributed by atoms with Crippen LogP contribution in [-0.4, -0.2) is 45.1 Å². The maximum Gasteiger partial charge on any atom is 0.407 e. The number of hydrogen-bond acceptors (Lipinski definition) is 4. The molecule has 1 amide bonds. The molecule has 0 aromatic heterocycles. The van der Waals surface area contributed by atoms with Crippen LogP contribution in [0.15, 0.2) is 18.2 Å². The third kappa shape index (κ3) is 1.88. The lowest BCUT2D eigenvalue weighted by molar-refractivity contribution is 0.0799. The second-order valence-electron chi connectivity index (χ2n) is 6.66. The summed E-state index contributed by atoms with van der Waals surface area (Å²) in [5.74, 6) is 0.531. The minimum atomic E-state index is -0.945. The molecule has 2 aliphatic heterocycles. The fraction of sp³-hybridized carbons (Fsp3) is 0.471. The summed E-state index contributed by atoms with van der Waals surface area (Å²) in [5.41, 5.74) is 2.18. The normalized spacial score (nSPS) is 31.1. The number of aromatic hydroxyl groups is 1. The van der Waals surface area contributed by atoms with E-state index in [4.69, 9.17) is 4.74 Å². The molecule has 3 aliphatic rings. The van der Waals surface area contributed by atoms with E-state index in [0.717, 1.165) is 16.7 Å². The van der Waals surface area contributed by atoms with Gasteiger partial charge in [-0.05, 0) is 30.5 Å². The van der Waals surface area contributed by atoms with Gasteiger partial charge >= 0.3 is 6.09 Å². The monoisotopic (exact) mass is 317 g/mol. The van der Waals surface area contributed by atoms with Gasteiger partial charge in [0.1, 0.15) is 6.10 Å². The summed E-state index contributed by atoms with van der Waals surface area (Å²) in [6.45, 7) is 2.56. The third-order valence-electron chi connectivity index (χ3n) is 5.38. The molecule has 0 saturated carbocycles. The number of aliphatic hydroxyl groups excluding tert-OH is 1. The van der Waals surface area contributed by atoms with Crippen LogP contribution in [-0.2, 0) is 12.0 Å². The van der Waals surface area contributed by atoms with Crippen molar-refractivity contribution < 1.29 is 24.9 Å². The predicted octanol–water partition coefficient (Wildman–Crippen LogP) is 1.90. The van der Waals surface area contributed by atoms with Crippen LogP contribution in [0.2, 0.25) is 0 Å². The van der Waals surface area contributed by atoms with Crippen LogP contribution < -0.4 is 4.74 Å². The number of nitrogens with zero attached hydrogens (tertiary/aromatic N) is 1. The summed E-state index contributed by atoms with van der Waals surface area (Å²) in [5, 5.41) is 29.7. The van der Waals surface area contributed by atoms with Crippen molar-refractivity contribution in [1.82, 2.24) is 4.90 Å². The Balaban J connectivity index is 1.96. The second-order valence-corrected chi connectivity index (χ2v) is 6.66. The quantitative estimate of drug-likeness (QED) is 0.636. The van der Waals surface area contributed by atoms with Gasteiger partial charge in [-0.15, -0.1) is 0 Å². The lowest BCUT2D eigenvalue weighted by Crippen LogP contribution is -2.43. The number of aliphatic hydroxyl groups is 1. The zero-order chi connectivity index (χ0) is 16.4. The third-order valence-corrected chi connectivity index (χ3v) is 5.38. The van der Waals surface area contributed by atoms with Crippen molar-refractivity contribution in [2.45, 2.75) is 43.9 Å². The molecular weight excluding hydrogens is 298 g/mol. The van der Waals surface area contributed by atoms with Crippen molar-refractivity contribution in [3.05, 3.63) is 34.9 Å². The molecule has 6 nitrogen and oxygen atoms in total. The summed E-state index contributed by atoms with van der Waals surface area (Å²) in [6, 6.07) is 1.63. The first kappa shape index (κ1) is 14.4. The van der Waals surface area contributed by atoms with Crippen LogP contribution in [0.4, 0.5) is 4.79 Å². The Bertz CT molecular complexity index is 728. The molecule has 122 valence electrons. The molecule has 1 aromatic carbocycles. The van der Waals surface area contributed by atoms with E-state index in [1.807, 2.05) is 13.0 Å². The number of carboxylic acid groups (broad SMARTS) is 1. The number of carbonyl (C=O) groups is 1. The Hall–Kier alpha value is -2.21. The van der Waals surface area contributed by atoms with Crippen LogP contribution in [0.25, 0.3) is 0 Å². The van der Waals surface area contributed by atoms with E-state index in [9.17, 15) is 20.1 Å². The molecule has 0 bridgehead atoms. The number of aryl methyl sites for hydroxylation is 1. The smallest absolute Gasteiger partial charge is 0.407 e. The van der Waals surface area contributed by atoms with Gasteiger partial charge in [-0.3, -0.25) is 0 Å². The second kappa shape index (κ2) is 4.64. The van der Waals surface area contributed by atoms with Gasteiger partial charge in [-0.25, -0.2) is 4.79 Å². The number of benzene rings is 1. The van der Waals surface area contributed by atoms with Crippen molar-refractivity contribution >= 4 is 6.09 Å². The van der Waals surface area contributed by atoms with Crippen LogP contribution in [0.5, 0.6) is 11.5 Å². The van der Waals surface area contributed by atoms with Crippen LogP contribution >= 0.6 is 0 Å². The minimum absolute atomic E-state index is 0.0849. The standard InChI is InChI=1S/C17H19NO5/c1-9-6-12(20)15-14-11(9)8-18(16(21)22)5-4-17(14)3-2-10(19)7-13(17)23-15/h2-3,6,10,13,19-20H,4-5,7-8H2,1H3,(H,21,22)/t10-,13-,17-/m0/s1. The van der Waals surface area contributed by atoms with E-state index in [-0.39, 0.29) is 18.4 Å². The highest BCUT2D eigenvalue weighted by atomic mass is 16.5. The number of phenols is 1. The van der Waals surface area contributed by atoms with Crippen molar-refractivity contribution in [2.24, 2.45) is 0 Å². The van der Waals surface area contributed by atoms with Gasteiger partial charge in [0.15, 0.2) is 11.5 Å². The topological polar surface area (TPSA) is 90.2 Å². The molecule has 3 atom stereocenters. The molecule has 1 spiro atoms. The van der Waals surface area contributed by atoms with E-state index in [2.05, 4.69) is 0 Å². The van der Waals surface area contributed by atoms with Gasteiger partial charge < -0.3 is 25.0 Å². The van der Waals surface area contributed by atoms with E-state index < -0.39 is 17.6 Å². The van der Waals surface area contributed by atoms with E-state index in [1.165, 1.54) is 4.90 Å². The summed E-state index contributed by atoms with van der Waals surface area (Å²) in [4.78, 5) is 12.9. The van der Waals surface area contributed by atoms with E-state index in [0.29, 0.717) is 25.1 Å². The largest absolute Gasteiger partial charge is 0.504 e. The molecular formula is C17H19NO5. The zero-order valence-electron chi connectivity index (χ0n) is 12.8. The molecule has 0 saturated heterocycles. The summed E-state index contributed by atoms with van der Waals surface area (Å²) in [7, 11) is 0. The molecule has 3 N–H and O–H groups in total. The Morgan fingerprint density at radius 2 is 2.26 bits per heavy atom. The van der Waals surface area contributed by atoms with Crippen molar-refractivity contribution in [1.29, 1.82) is 0 Å². The average molecular weight is 317 g/mol. The summed E-state index contributed by atoms with van der Waals surface area (Å²) in [6.07, 6.45) is 2.93. The van der Waals surface area contributed by atoms with Crippen LogP contribution in [0, 0.1) is 6.92 Å². The molecule has 1 aliphatic carbocycles. The van der Waals surface area contributed by atoms with Crippen molar-refractivity contribution in [3.8, 4) is 11.5 Å². The molecule has 4 rings (SSSR count). The first-order valence-corrected chi connectivity index (χ1v) is 7.80. The average Bonchev–Trinajstić information content (AvgIpc) is 2.71. The Morgan fingerprint density at radius 3 is 3.00 bits per heavy atom. The van der Waals surface area contributed by atoms with Crippen LogP contribution in [0.3, 0.4) is 0 Å². The van der Waals surface area contributed by atoms with Gasteiger partial charge in [0.05, 0.1) is 11.5 Å². The Morgan fingerprint density at radius 1 is 1.48 bits per heavy atom. The number of rotatable bonds is 0. The molecule has 23 heavy (non-hydrogen) atoms. The highest BCUT2D eigenvalue weighted by molar-refractivity contribution is 5.68. The Labute approximate surface area is 133 Å². The summed E-state index contributed by atoms with van der Waals surface area (Å²) >= 11 is 0. The zero-order valence-corrected chi connectivity index (χ0v) is 12.8. The van der Waals surface area contributed by atoms with Gasteiger partial charge in [-0.1, -0.05) is 12.2 Å². The minimum Gasteiger partial charge on any atom is -0.504 e. The highest BCUT2D eigenvalue weighted by Gasteiger charge is 2.53. The molecule has 0 fully saturated rings. The molecule has 1 aromatic rings. The van der Waals surface area contributed by atoms with E-state index >= 15 is 0 Å². The number of amides is 1. The number of ether oxygens (including phenoxy) is 1. The maximum atomic E-state index is 11.5. The lowest BCUT2D eigenvalue weighted by atomic mass is 9.68. The van der Waals surface area contributed by atoms with Crippen LogP contribution in [0.1, 0.15) is 29.5 Å². The summed E-state index contributed by atoms with van der Waals surface area (Å²) < 4.78 is 6.01. The van der Waals surface area contributed by atoms with Crippen molar-refractivity contribution in [2.75, 3.05) is 6.54 Å². The maximum absolute atomic E-state index is 11.5. The fourth-order valence-corrected chi connectivity index (χ4v) is 4.20. The first-order valence-electron chi connectivity index (χ1n) is 7.80. The molecule has 6 heteroatoms. The SMILES string of the molecule is Cc1cc(O)c2c3c1CN(C(=O)O)CC[C@]31C=C[C@H](O)C[C@@H]1O2. The van der Waals surface area contributed by atoms with Gasteiger partial charge in [0.2, 0.25) is 0 Å². The van der Waals surface area contributed by atoms with Crippen molar-refractivity contribution in [3.63, 3.8) is 0 Å². The fourth-order valence-electron chi connectivity index (χ4n) is 4.20.